The minimum atomic E-state index is -0.360. The lowest BCUT2D eigenvalue weighted by atomic mass is 9.91. The van der Waals surface area contributed by atoms with Gasteiger partial charge in [0.05, 0.1) is 0 Å². The molecule has 1 heterocycles. The van der Waals surface area contributed by atoms with Crippen molar-refractivity contribution >= 4 is 11.7 Å². The average molecular weight is 251 g/mol. The van der Waals surface area contributed by atoms with Crippen LogP contribution in [0.3, 0.4) is 0 Å². The molecule has 0 aromatic heterocycles. The van der Waals surface area contributed by atoms with E-state index in [1.54, 1.807) is 12.1 Å². The molecule has 3 N–H and O–H groups in total. The molecule has 0 spiro atoms. The molecule has 0 saturated carbocycles. The van der Waals surface area contributed by atoms with Crippen molar-refractivity contribution in [1.82, 2.24) is 10.6 Å². The molecular formula is C13H18FN3O. The highest BCUT2D eigenvalue weighted by Crippen LogP contribution is 2.17. The smallest absolute Gasteiger partial charge is 0.319 e. The van der Waals surface area contributed by atoms with Gasteiger partial charge in [-0.2, -0.15) is 0 Å². The Bertz CT molecular complexity index is 430. The van der Waals surface area contributed by atoms with Crippen molar-refractivity contribution in [3.63, 3.8) is 0 Å². The molecule has 1 aliphatic heterocycles. The number of hydrogen-bond donors (Lipinski definition) is 3. The quantitative estimate of drug-likeness (QED) is 0.754. The lowest BCUT2D eigenvalue weighted by molar-refractivity contribution is 0.225. The van der Waals surface area contributed by atoms with E-state index in [0.717, 1.165) is 25.9 Å². The van der Waals surface area contributed by atoms with Gasteiger partial charge in [0, 0.05) is 11.2 Å². The van der Waals surface area contributed by atoms with Gasteiger partial charge in [0.25, 0.3) is 0 Å². The summed E-state index contributed by atoms with van der Waals surface area (Å²) in [6.07, 6.45) is 1.78. The molecule has 2 amide bonds. The zero-order valence-corrected chi connectivity index (χ0v) is 10.4. The number of halogens is 1. The molecule has 0 unspecified atom stereocenters. The molecule has 0 bridgehead atoms. The van der Waals surface area contributed by atoms with Gasteiger partial charge in [0.15, 0.2) is 0 Å². The van der Waals surface area contributed by atoms with Crippen LogP contribution in [0.25, 0.3) is 0 Å². The van der Waals surface area contributed by atoms with Crippen molar-refractivity contribution in [2.45, 2.75) is 25.3 Å². The first-order valence-corrected chi connectivity index (χ1v) is 6.13. The van der Waals surface area contributed by atoms with Crippen LogP contribution in [0.15, 0.2) is 24.3 Å². The van der Waals surface area contributed by atoms with E-state index in [-0.39, 0.29) is 17.4 Å². The maximum Gasteiger partial charge on any atom is 0.319 e. The fourth-order valence-corrected chi connectivity index (χ4v) is 2.11. The molecule has 0 atom stereocenters. The third kappa shape index (κ3) is 3.43. The van der Waals surface area contributed by atoms with Crippen LogP contribution in [0.2, 0.25) is 0 Å². The van der Waals surface area contributed by atoms with Gasteiger partial charge >= 0.3 is 6.03 Å². The zero-order valence-electron chi connectivity index (χ0n) is 10.4. The molecule has 1 aliphatic rings. The Hall–Kier alpha value is -1.62. The molecule has 98 valence electrons. The summed E-state index contributed by atoms with van der Waals surface area (Å²) in [7, 11) is 0. The Morgan fingerprint density at radius 3 is 2.78 bits per heavy atom. The minimum Gasteiger partial charge on any atom is -0.333 e. The van der Waals surface area contributed by atoms with Crippen molar-refractivity contribution in [3.05, 3.63) is 30.1 Å². The molecule has 1 aromatic carbocycles. The Labute approximate surface area is 106 Å². The van der Waals surface area contributed by atoms with Crippen LogP contribution in [0.5, 0.6) is 0 Å². The van der Waals surface area contributed by atoms with Crippen molar-refractivity contribution in [2.24, 2.45) is 0 Å². The number of carbonyl (C=O) groups is 1. The van der Waals surface area contributed by atoms with Crippen molar-refractivity contribution < 1.29 is 9.18 Å². The maximum atomic E-state index is 13.0. The average Bonchev–Trinajstić information content (AvgIpc) is 2.28. The first kappa shape index (κ1) is 12.8. The number of benzene rings is 1. The standard InChI is InChI=1S/C13H18FN3O/c1-13(5-7-15-8-6-13)17-12(18)16-11-4-2-3-10(14)9-11/h2-4,9,15H,5-8H2,1H3,(H2,16,17,18). The van der Waals surface area contributed by atoms with E-state index in [2.05, 4.69) is 16.0 Å². The molecule has 18 heavy (non-hydrogen) atoms. The second-order valence-corrected chi connectivity index (χ2v) is 4.90. The van der Waals surface area contributed by atoms with Crippen LogP contribution in [-0.2, 0) is 0 Å². The summed E-state index contributed by atoms with van der Waals surface area (Å²) in [5.41, 5.74) is 0.271. The Morgan fingerprint density at radius 1 is 1.39 bits per heavy atom. The number of nitrogens with one attached hydrogen (secondary N) is 3. The topological polar surface area (TPSA) is 53.2 Å². The lowest BCUT2D eigenvalue weighted by Crippen LogP contribution is -2.53. The van der Waals surface area contributed by atoms with Crippen LogP contribution in [-0.4, -0.2) is 24.7 Å². The zero-order chi connectivity index (χ0) is 13.0. The monoisotopic (exact) mass is 251 g/mol. The van der Waals surface area contributed by atoms with E-state index in [1.165, 1.54) is 12.1 Å². The molecule has 1 saturated heterocycles. The van der Waals surface area contributed by atoms with Crippen LogP contribution in [0, 0.1) is 5.82 Å². The van der Waals surface area contributed by atoms with E-state index >= 15 is 0 Å². The highest BCUT2D eigenvalue weighted by molar-refractivity contribution is 5.89. The molecule has 0 aliphatic carbocycles. The molecule has 2 rings (SSSR count). The number of anilines is 1. The van der Waals surface area contributed by atoms with Crippen LogP contribution >= 0.6 is 0 Å². The van der Waals surface area contributed by atoms with Gasteiger partial charge < -0.3 is 16.0 Å². The van der Waals surface area contributed by atoms with Gasteiger partial charge in [0.2, 0.25) is 0 Å². The van der Waals surface area contributed by atoms with Crippen molar-refractivity contribution in [2.75, 3.05) is 18.4 Å². The van der Waals surface area contributed by atoms with Gasteiger partial charge in [-0.15, -0.1) is 0 Å². The van der Waals surface area contributed by atoms with Crippen molar-refractivity contribution in [3.8, 4) is 0 Å². The predicted octanol–water partition coefficient (Wildman–Crippen LogP) is 2.09. The summed E-state index contributed by atoms with van der Waals surface area (Å²) in [5.74, 6) is -0.360. The summed E-state index contributed by atoms with van der Waals surface area (Å²) in [5, 5.41) is 8.84. The normalized spacial score (nSPS) is 18.1. The number of hydrogen-bond acceptors (Lipinski definition) is 2. The summed E-state index contributed by atoms with van der Waals surface area (Å²) in [4.78, 5) is 11.8. The second kappa shape index (κ2) is 5.35. The third-order valence-corrected chi connectivity index (χ3v) is 3.20. The van der Waals surface area contributed by atoms with Crippen LogP contribution < -0.4 is 16.0 Å². The summed E-state index contributed by atoms with van der Waals surface area (Å²) >= 11 is 0. The lowest BCUT2D eigenvalue weighted by Gasteiger charge is -2.34. The van der Waals surface area contributed by atoms with Gasteiger partial charge in [-0.3, -0.25) is 0 Å². The van der Waals surface area contributed by atoms with Crippen LogP contribution in [0.4, 0.5) is 14.9 Å². The minimum absolute atomic E-state index is 0.192. The first-order valence-electron chi connectivity index (χ1n) is 6.13. The SMILES string of the molecule is CC1(NC(=O)Nc2cccc(F)c2)CCNCC1. The largest absolute Gasteiger partial charge is 0.333 e. The second-order valence-electron chi connectivity index (χ2n) is 4.90. The van der Waals surface area contributed by atoms with Gasteiger partial charge in [-0.05, 0) is 51.1 Å². The van der Waals surface area contributed by atoms with Crippen LogP contribution in [0.1, 0.15) is 19.8 Å². The fraction of sp³-hybridized carbons (Fsp3) is 0.462. The van der Waals surface area contributed by atoms with E-state index < -0.39 is 0 Å². The third-order valence-electron chi connectivity index (χ3n) is 3.20. The first-order chi connectivity index (χ1) is 8.57. The Morgan fingerprint density at radius 2 is 2.11 bits per heavy atom. The molecule has 4 nitrogen and oxygen atoms in total. The molecule has 1 aromatic rings. The van der Waals surface area contributed by atoms with E-state index in [1.807, 2.05) is 6.92 Å². The van der Waals surface area contributed by atoms with E-state index in [4.69, 9.17) is 0 Å². The number of rotatable bonds is 2. The fourth-order valence-electron chi connectivity index (χ4n) is 2.11. The highest BCUT2D eigenvalue weighted by atomic mass is 19.1. The highest BCUT2D eigenvalue weighted by Gasteiger charge is 2.28. The maximum absolute atomic E-state index is 13.0. The number of amides is 2. The number of urea groups is 1. The predicted molar refractivity (Wildman–Crippen MR) is 69.1 cm³/mol. The summed E-state index contributed by atoms with van der Waals surface area (Å²) in [6.45, 7) is 3.83. The van der Waals surface area contributed by atoms with Gasteiger partial charge in [0.1, 0.15) is 5.82 Å². The van der Waals surface area contributed by atoms with Gasteiger partial charge in [-0.1, -0.05) is 6.07 Å². The van der Waals surface area contributed by atoms with E-state index in [9.17, 15) is 9.18 Å². The molecule has 5 heteroatoms. The van der Waals surface area contributed by atoms with E-state index in [0.29, 0.717) is 5.69 Å². The molecule has 1 fully saturated rings. The van der Waals surface area contributed by atoms with Crippen molar-refractivity contribution in [1.29, 1.82) is 0 Å². The summed E-state index contributed by atoms with van der Waals surface area (Å²) < 4.78 is 13.0. The van der Waals surface area contributed by atoms with Gasteiger partial charge in [-0.25, -0.2) is 9.18 Å². The Kier molecular flexibility index (Phi) is 3.81. The summed E-state index contributed by atoms with van der Waals surface area (Å²) in [6, 6.07) is 5.58. The number of carbonyl (C=O) groups excluding carboxylic acids is 1. The number of piperidine rings is 1. The molecule has 0 radical (unpaired) electrons. The molecular weight excluding hydrogens is 233 g/mol. The Balaban J connectivity index is 1.92.